The quantitative estimate of drug-likeness (QED) is 0.110. The average molecular weight is 486 g/mol. The van der Waals surface area contributed by atoms with Crippen LogP contribution in [-0.4, -0.2) is 4.92 Å². The Labute approximate surface area is 216 Å². The first-order valence-electron chi connectivity index (χ1n) is 13.5. The Morgan fingerprint density at radius 1 is 0.829 bits per heavy atom. The normalized spacial score (nSPS) is 14.2. The summed E-state index contributed by atoms with van der Waals surface area (Å²) in [6.45, 7) is 12.3. The van der Waals surface area contributed by atoms with Crippen LogP contribution in [0.2, 0.25) is 0 Å². The molecule has 4 nitrogen and oxygen atoms in total. The highest BCUT2D eigenvalue weighted by Gasteiger charge is 2.24. The van der Waals surface area contributed by atoms with E-state index in [0.717, 1.165) is 23.1 Å². The van der Waals surface area contributed by atoms with E-state index in [9.17, 15) is 10.1 Å². The summed E-state index contributed by atoms with van der Waals surface area (Å²) in [5.41, 5.74) is 1.64. The summed E-state index contributed by atoms with van der Waals surface area (Å²) in [6, 6.07) is 12.3. The van der Waals surface area contributed by atoms with Gasteiger partial charge in [-0.1, -0.05) is 77.8 Å². The Bertz CT molecular complexity index is 1770. The van der Waals surface area contributed by atoms with Gasteiger partial charge in [-0.15, -0.1) is 0 Å². The molecule has 0 aliphatic carbocycles. The highest BCUT2D eigenvalue weighted by atomic mass is 32.2. The van der Waals surface area contributed by atoms with Crippen molar-refractivity contribution in [3.8, 4) is 0 Å². The van der Waals surface area contributed by atoms with Crippen LogP contribution in [0.15, 0.2) is 71.5 Å². The first-order valence-corrected chi connectivity index (χ1v) is 12.3. The van der Waals surface area contributed by atoms with Crippen molar-refractivity contribution in [2.24, 2.45) is 0 Å². The maximum Gasteiger partial charge on any atom is 0.269 e. The van der Waals surface area contributed by atoms with Gasteiger partial charge in [0, 0.05) is 34.4 Å². The van der Waals surface area contributed by atoms with Crippen molar-refractivity contribution >= 4 is 55.6 Å². The van der Waals surface area contributed by atoms with E-state index < -0.39 is 10.3 Å². The van der Waals surface area contributed by atoms with Gasteiger partial charge in [0.15, 0.2) is 0 Å². The van der Waals surface area contributed by atoms with Crippen LogP contribution in [0.5, 0.6) is 0 Å². The van der Waals surface area contributed by atoms with Crippen LogP contribution in [0.3, 0.4) is 0 Å². The highest BCUT2D eigenvalue weighted by molar-refractivity contribution is 7.97. The van der Waals surface area contributed by atoms with Crippen LogP contribution in [0.4, 0.5) is 11.4 Å². The molecule has 5 aromatic carbocycles. The third kappa shape index (κ3) is 4.19. The highest BCUT2D eigenvalue weighted by Crippen LogP contribution is 2.45. The lowest BCUT2D eigenvalue weighted by Gasteiger charge is -2.26. The lowest BCUT2D eigenvalue weighted by Crippen LogP contribution is -2.14. The van der Waals surface area contributed by atoms with E-state index in [1.807, 2.05) is 39.0 Å². The number of nitro groups is 1. The van der Waals surface area contributed by atoms with Gasteiger partial charge in [0.1, 0.15) is 0 Å². The molecule has 0 unspecified atom stereocenters. The zero-order chi connectivity index (χ0) is 28.6. The van der Waals surface area contributed by atoms with E-state index in [1.165, 1.54) is 12.1 Å². The van der Waals surface area contributed by atoms with Crippen molar-refractivity contribution in [2.45, 2.75) is 57.3 Å². The molecule has 0 bridgehead atoms. The predicted molar refractivity (Wildman–Crippen MR) is 148 cm³/mol. The predicted octanol–water partition coefficient (Wildman–Crippen LogP) is 9.03. The van der Waals surface area contributed by atoms with Gasteiger partial charge in [0.2, 0.25) is 0 Å². The number of non-ortho nitro benzene ring substituents is 1. The second-order valence-corrected chi connectivity index (χ2v) is 11.8. The minimum Gasteiger partial charge on any atom is -0.258 e. The largest absolute Gasteiger partial charge is 0.269 e. The zero-order valence-corrected chi connectivity index (χ0v) is 21.5. The summed E-state index contributed by atoms with van der Waals surface area (Å²) in [5, 5.41) is 14.7. The molecule has 5 aromatic rings. The molecule has 0 N–H and O–H groups in total. The van der Waals surface area contributed by atoms with Gasteiger partial charge in [0.05, 0.1) is 16.1 Å². The van der Waals surface area contributed by atoms with Crippen LogP contribution in [-0.2, 0) is 10.8 Å². The van der Waals surface area contributed by atoms with Crippen LogP contribution < -0.4 is 4.72 Å². The Morgan fingerprint density at radius 2 is 1.40 bits per heavy atom. The summed E-state index contributed by atoms with van der Waals surface area (Å²) in [5.74, 6) is 0. The van der Waals surface area contributed by atoms with Crippen LogP contribution in [0, 0.1) is 10.1 Å². The minimum absolute atomic E-state index is 0.00597. The molecule has 0 spiro atoms. The minimum atomic E-state index is -0.448. The van der Waals surface area contributed by atoms with Gasteiger partial charge in [-0.2, -0.15) is 0 Å². The number of rotatable bonds is 4. The Kier molecular flexibility index (Phi) is 4.40. The van der Waals surface area contributed by atoms with Crippen molar-refractivity contribution in [3.63, 3.8) is 0 Å². The average Bonchev–Trinajstić information content (AvgIpc) is 2.86. The summed E-state index contributed by atoms with van der Waals surface area (Å²) in [6.07, 6.45) is 0. The first kappa shape index (κ1) is 18.9. The molecule has 0 aliphatic heterocycles. The maximum absolute atomic E-state index is 11.1. The smallest absolute Gasteiger partial charge is 0.258 e. The van der Waals surface area contributed by atoms with E-state index >= 15 is 0 Å². The summed E-state index contributed by atoms with van der Waals surface area (Å²) in [7, 11) is 0. The molecule has 177 valence electrons. The van der Waals surface area contributed by atoms with Crippen LogP contribution >= 0.6 is 11.9 Å². The summed E-state index contributed by atoms with van der Waals surface area (Å²) < 4.78 is 40.9. The molecule has 0 heterocycles. The van der Waals surface area contributed by atoms with Gasteiger partial charge >= 0.3 is 0 Å². The SMILES string of the molecule is [2H]c1c([2H])c2cc(C(C)(C)C)c([N]Sc3ccc([N+](=O)[O-])cc3)c3c([2H])c([2H])c4cc(C(C)(C)C)cc1c4c23. The van der Waals surface area contributed by atoms with E-state index in [4.69, 9.17) is 10.2 Å². The fourth-order valence-corrected chi connectivity index (χ4v) is 5.00. The second-order valence-electron chi connectivity index (χ2n) is 11.0. The molecule has 5 rings (SSSR count). The molecule has 0 amide bonds. The molecule has 0 aromatic heterocycles. The van der Waals surface area contributed by atoms with E-state index in [-0.39, 0.29) is 35.3 Å². The zero-order valence-electron chi connectivity index (χ0n) is 24.7. The van der Waals surface area contributed by atoms with Crippen molar-refractivity contribution in [1.29, 1.82) is 0 Å². The summed E-state index contributed by atoms with van der Waals surface area (Å²) in [4.78, 5) is 11.3. The molecule has 35 heavy (non-hydrogen) atoms. The van der Waals surface area contributed by atoms with Crippen molar-refractivity contribution in [3.05, 3.63) is 87.9 Å². The fraction of sp³-hybridized carbons (Fsp3) is 0.267. The molecule has 0 saturated carbocycles. The second kappa shape index (κ2) is 8.13. The number of benzene rings is 5. The van der Waals surface area contributed by atoms with Gasteiger partial charge in [-0.05, 0) is 67.1 Å². The molecular weight excluding hydrogens is 452 g/mol. The van der Waals surface area contributed by atoms with Crippen LogP contribution in [0.25, 0.3) is 32.3 Å². The number of nitro benzene ring substituents is 1. The molecule has 0 saturated heterocycles. The monoisotopic (exact) mass is 485 g/mol. The number of nitrogens with zero attached hydrogens (tertiary/aromatic N) is 2. The Morgan fingerprint density at radius 3 is 1.94 bits per heavy atom. The molecule has 0 fully saturated rings. The number of hydrogen-bond donors (Lipinski definition) is 0. The fourth-order valence-electron chi connectivity index (χ4n) is 4.35. The van der Waals surface area contributed by atoms with E-state index in [0.29, 0.717) is 42.9 Å². The third-order valence-corrected chi connectivity index (χ3v) is 7.06. The Hall–Kier alpha value is -3.31. The lowest BCUT2D eigenvalue weighted by atomic mass is 9.80. The molecule has 0 atom stereocenters. The Balaban J connectivity index is 1.86. The molecule has 0 aliphatic rings. The summed E-state index contributed by atoms with van der Waals surface area (Å²) >= 11 is 1.16. The molecule has 1 radical (unpaired) electrons. The lowest BCUT2D eigenvalue weighted by molar-refractivity contribution is -0.384. The van der Waals surface area contributed by atoms with Gasteiger partial charge in [0.25, 0.3) is 5.69 Å². The third-order valence-electron chi connectivity index (χ3n) is 6.31. The van der Waals surface area contributed by atoms with Crippen LogP contribution in [0.1, 0.15) is 58.2 Å². The topological polar surface area (TPSA) is 57.2 Å². The number of hydrogen-bond acceptors (Lipinski definition) is 3. The standard InChI is InChI=1S/C30H29N2O2S/c1-29(2,3)21-15-18-7-8-20-17-25(30(4,5)6)28(24-14-9-19(16-21)26(18)27(20)24)31-35-23-12-10-22(11-13-23)32(33)34/h7-17H,1-6H3/i7D,8D,9D,14D. The van der Waals surface area contributed by atoms with Crippen molar-refractivity contribution in [2.75, 3.05) is 0 Å². The van der Waals surface area contributed by atoms with Gasteiger partial charge in [-0.3, -0.25) is 10.1 Å². The van der Waals surface area contributed by atoms with Gasteiger partial charge in [-0.25, -0.2) is 4.72 Å². The molecular formula is C30H29N2O2S. The van der Waals surface area contributed by atoms with Gasteiger partial charge < -0.3 is 0 Å². The van der Waals surface area contributed by atoms with E-state index in [2.05, 4.69) is 20.8 Å². The van der Waals surface area contributed by atoms with Crippen molar-refractivity contribution in [1.82, 2.24) is 4.72 Å². The van der Waals surface area contributed by atoms with E-state index in [1.54, 1.807) is 12.1 Å². The maximum atomic E-state index is 11.1. The van der Waals surface area contributed by atoms with Crippen molar-refractivity contribution < 1.29 is 10.4 Å². The molecule has 5 heteroatoms. The first-order chi connectivity index (χ1) is 18.1.